The fourth-order valence-corrected chi connectivity index (χ4v) is 4.54. The van der Waals surface area contributed by atoms with Crippen molar-refractivity contribution in [1.82, 2.24) is 19.4 Å². The number of amides is 1. The van der Waals surface area contributed by atoms with Crippen LogP contribution in [0.4, 0.5) is 0 Å². The van der Waals surface area contributed by atoms with Gasteiger partial charge in [0.2, 0.25) is 5.91 Å². The van der Waals surface area contributed by atoms with Crippen molar-refractivity contribution in [3.8, 4) is 0 Å². The van der Waals surface area contributed by atoms with Crippen LogP contribution in [0.2, 0.25) is 0 Å². The van der Waals surface area contributed by atoms with Crippen LogP contribution < -0.4 is 16.6 Å². The summed E-state index contributed by atoms with van der Waals surface area (Å²) in [5, 5.41) is 3.30. The summed E-state index contributed by atoms with van der Waals surface area (Å²) < 4.78 is 7.99. The largest absolute Gasteiger partial charge is 0.376 e. The van der Waals surface area contributed by atoms with Crippen molar-refractivity contribution in [2.75, 3.05) is 18.9 Å². The first kappa shape index (κ1) is 21.6. The highest BCUT2D eigenvalue weighted by atomic mass is 32.2. The summed E-state index contributed by atoms with van der Waals surface area (Å²) in [5.41, 5.74) is 0.452. The molecule has 29 heavy (non-hydrogen) atoms. The van der Waals surface area contributed by atoms with E-state index in [9.17, 15) is 14.4 Å². The Bertz CT molecular complexity index is 1020. The molecule has 2 aromatic rings. The normalized spacial score (nSPS) is 16.7. The van der Waals surface area contributed by atoms with Gasteiger partial charge in [0.1, 0.15) is 5.65 Å². The van der Waals surface area contributed by atoms with Gasteiger partial charge in [0, 0.05) is 38.3 Å². The molecule has 0 spiro atoms. The topological polar surface area (TPSA) is 95.2 Å². The summed E-state index contributed by atoms with van der Waals surface area (Å²) in [5.74, 6) is 0.439. The number of pyridine rings is 1. The van der Waals surface area contributed by atoms with Gasteiger partial charge in [0.15, 0.2) is 0 Å². The molecule has 1 N–H and O–H groups in total. The lowest BCUT2D eigenvalue weighted by Gasteiger charge is -2.16. The van der Waals surface area contributed by atoms with E-state index in [-0.39, 0.29) is 23.3 Å². The highest BCUT2D eigenvalue weighted by Crippen LogP contribution is 2.29. The minimum Gasteiger partial charge on any atom is -0.376 e. The molecule has 0 saturated carbocycles. The van der Waals surface area contributed by atoms with Crippen molar-refractivity contribution >= 4 is 28.7 Å². The molecule has 3 heterocycles. The third-order valence-corrected chi connectivity index (χ3v) is 6.18. The maximum absolute atomic E-state index is 12.9. The second-order valence-electron chi connectivity index (χ2n) is 7.84. The Balaban J connectivity index is 1.91. The van der Waals surface area contributed by atoms with E-state index in [1.807, 2.05) is 0 Å². The molecule has 0 aromatic carbocycles. The minimum atomic E-state index is -0.420. The lowest BCUT2D eigenvalue weighted by Crippen LogP contribution is -2.37. The number of thioether (sulfide) groups is 1. The quantitative estimate of drug-likeness (QED) is 0.677. The minimum absolute atomic E-state index is 0.0871. The number of nitrogens with zero attached hydrogens (tertiary/aromatic N) is 3. The Kier molecular flexibility index (Phi) is 6.79. The third kappa shape index (κ3) is 4.72. The van der Waals surface area contributed by atoms with E-state index >= 15 is 0 Å². The van der Waals surface area contributed by atoms with Crippen molar-refractivity contribution in [1.29, 1.82) is 0 Å². The van der Waals surface area contributed by atoms with Gasteiger partial charge in [-0.2, -0.15) is 0 Å². The van der Waals surface area contributed by atoms with E-state index in [2.05, 4.69) is 24.1 Å². The fourth-order valence-electron chi connectivity index (χ4n) is 3.51. The van der Waals surface area contributed by atoms with E-state index < -0.39 is 5.69 Å². The monoisotopic (exact) mass is 420 g/mol. The molecule has 1 unspecified atom stereocenters. The van der Waals surface area contributed by atoms with Crippen LogP contribution in [0, 0.1) is 5.92 Å². The van der Waals surface area contributed by atoms with Crippen LogP contribution in [0.15, 0.2) is 20.7 Å². The first-order valence-electron chi connectivity index (χ1n) is 9.88. The van der Waals surface area contributed by atoms with Crippen molar-refractivity contribution < 1.29 is 9.53 Å². The van der Waals surface area contributed by atoms with Crippen LogP contribution >= 0.6 is 11.8 Å². The van der Waals surface area contributed by atoms with Crippen molar-refractivity contribution in [3.05, 3.63) is 32.6 Å². The van der Waals surface area contributed by atoms with Crippen LogP contribution in [0.3, 0.4) is 0 Å². The number of fused-ring (bicyclic) bond motifs is 1. The maximum Gasteiger partial charge on any atom is 0.332 e. The fraction of sp³-hybridized carbons (Fsp3) is 0.600. The molecule has 0 radical (unpaired) electrons. The molecule has 1 saturated heterocycles. The predicted molar refractivity (Wildman–Crippen MR) is 113 cm³/mol. The molecular weight excluding hydrogens is 392 g/mol. The van der Waals surface area contributed by atoms with Crippen molar-refractivity contribution in [2.45, 2.75) is 44.1 Å². The van der Waals surface area contributed by atoms with Gasteiger partial charge in [-0.3, -0.25) is 18.7 Å². The smallest absolute Gasteiger partial charge is 0.332 e. The predicted octanol–water partition coefficient (Wildman–Crippen LogP) is 1.22. The van der Waals surface area contributed by atoms with Crippen LogP contribution in [0.1, 0.15) is 32.3 Å². The lowest BCUT2D eigenvalue weighted by atomic mass is 10.0. The maximum atomic E-state index is 12.9. The summed E-state index contributed by atoms with van der Waals surface area (Å²) in [4.78, 5) is 42.6. The molecule has 9 heteroatoms. The van der Waals surface area contributed by atoms with Crippen molar-refractivity contribution in [2.24, 2.45) is 20.0 Å². The SMILES string of the molecule is CC(C)Cc1cnc2c(c1SCC(=O)NCC1CCCO1)c(=O)n(C)c(=O)n2C. The summed E-state index contributed by atoms with van der Waals surface area (Å²) in [6.45, 7) is 5.43. The Labute approximate surface area is 173 Å². The highest BCUT2D eigenvalue weighted by molar-refractivity contribution is 8.00. The zero-order valence-corrected chi connectivity index (χ0v) is 18.2. The molecule has 1 fully saturated rings. The standard InChI is InChI=1S/C20H28N4O4S/c1-12(2)8-13-9-22-18-16(19(26)24(4)20(27)23(18)3)17(13)29-11-15(25)21-10-14-6-5-7-28-14/h9,12,14H,5-8,10-11H2,1-4H3,(H,21,25). The Morgan fingerprint density at radius 1 is 1.34 bits per heavy atom. The zero-order valence-electron chi connectivity index (χ0n) is 17.4. The average Bonchev–Trinajstić information content (AvgIpc) is 3.21. The molecule has 1 aliphatic heterocycles. The van der Waals surface area contributed by atoms with Crippen LogP contribution in [-0.4, -0.2) is 45.0 Å². The summed E-state index contributed by atoms with van der Waals surface area (Å²) >= 11 is 1.32. The number of carbonyl (C=O) groups is 1. The molecule has 1 aliphatic rings. The van der Waals surface area contributed by atoms with E-state index in [4.69, 9.17) is 4.74 Å². The Hall–Kier alpha value is -2.13. The number of nitrogens with one attached hydrogen (secondary N) is 1. The molecule has 1 atom stereocenters. The summed E-state index contributed by atoms with van der Waals surface area (Å²) in [6, 6.07) is 0. The molecular formula is C20H28N4O4S. The molecule has 1 amide bonds. The number of carbonyl (C=O) groups excluding carboxylic acids is 1. The van der Waals surface area contributed by atoms with E-state index in [1.54, 1.807) is 13.2 Å². The van der Waals surface area contributed by atoms with Gasteiger partial charge in [-0.05, 0) is 30.7 Å². The molecule has 3 rings (SSSR count). The van der Waals surface area contributed by atoms with Gasteiger partial charge in [0.25, 0.3) is 5.56 Å². The van der Waals surface area contributed by atoms with Gasteiger partial charge < -0.3 is 10.1 Å². The number of hydrogen-bond donors (Lipinski definition) is 1. The lowest BCUT2D eigenvalue weighted by molar-refractivity contribution is -0.119. The number of hydrogen-bond acceptors (Lipinski definition) is 6. The van der Waals surface area contributed by atoms with Gasteiger partial charge >= 0.3 is 5.69 Å². The molecule has 0 aliphatic carbocycles. The first-order chi connectivity index (χ1) is 13.8. The first-order valence-corrected chi connectivity index (χ1v) is 10.9. The summed E-state index contributed by atoms with van der Waals surface area (Å²) in [6.07, 6.45) is 4.52. The number of ether oxygens (including phenoxy) is 1. The molecule has 158 valence electrons. The van der Waals surface area contributed by atoms with Crippen LogP contribution in [-0.2, 0) is 30.0 Å². The number of aromatic nitrogens is 3. The molecule has 2 aromatic heterocycles. The van der Waals surface area contributed by atoms with E-state index in [1.165, 1.54) is 23.4 Å². The number of rotatable bonds is 7. The second kappa shape index (κ2) is 9.13. The zero-order chi connectivity index (χ0) is 21.1. The van der Waals surface area contributed by atoms with Gasteiger partial charge in [0.05, 0.1) is 17.2 Å². The van der Waals surface area contributed by atoms with Gasteiger partial charge in [-0.15, -0.1) is 11.8 Å². The van der Waals surface area contributed by atoms with Crippen LogP contribution in [0.25, 0.3) is 11.0 Å². The molecule has 0 bridgehead atoms. The molecule has 8 nitrogen and oxygen atoms in total. The third-order valence-electron chi connectivity index (χ3n) is 5.02. The van der Waals surface area contributed by atoms with Crippen molar-refractivity contribution in [3.63, 3.8) is 0 Å². The average molecular weight is 421 g/mol. The Morgan fingerprint density at radius 3 is 2.76 bits per heavy atom. The second-order valence-corrected chi connectivity index (χ2v) is 8.83. The van der Waals surface area contributed by atoms with E-state index in [0.717, 1.165) is 40.9 Å². The Morgan fingerprint density at radius 2 is 2.10 bits per heavy atom. The summed E-state index contributed by atoms with van der Waals surface area (Å²) in [7, 11) is 3.06. The number of aryl methyl sites for hydroxylation is 1. The highest BCUT2D eigenvalue weighted by Gasteiger charge is 2.20. The van der Waals surface area contributed by atoms with Crippen LogP contribution in [0.5, 0.6) is 0 Å². The van der Waals surface area contributed by atoms with E-state index in [0.29, 0.717) is 23.5 Å². The van der Waals surface area contributed by atoms with Gasteiger partial charge in [-0.25, -0.2) is 9.78 Å². The van der Waals surface area contributed by atoms with Gasteiger partial charge in [-0.1, -0.05) is 13.8 Å².